The molecule has 0 spiro atoms. The van der Waals surface area contributed by atoms with Crippen molar-refractivity contribution in [2.45, 2.75) is 26.3 Å². The second-order valence-electron chi connectivity index (χ2n) is 6.88. The molecule has 7 heteroatoms. The molecule has 1 fully saturated rings. The molecular weight excluding hydrogens is 360 g/mol. The molecule has 6 nitrogen and oxygen atoms in total. The Labute approximate surface area is 161 Å². The first-order valence-corrected chi connectivity index (χ1v) is 10.0. The highest BCUT2D eigenvalue weighted by Crippen LogP contribution is 2.29. The van der Waals surface area contributed by atoms with Gasteiger partial charge in [0.2, 0.25) is 5.91 Å². The maximum Gasteiger partial charge on any atom is 0.261 e. The van der Waals surface area contributed by atoms with Gasteiger partial charge in [-0.3, -0.25) is 14.3 Å². The number of amides is 2. The van der Waals surface area contributed by atoms with E-state index in [-0.39, 0.29) is 17.7 Å². The summed E-state index contributed by atoms with van der Waals surface area (Å²) in [6, 6.07) is 12.1. The van der Waals surface area contributed by atoms with Gasteiger partial charge in [-0.1, -0.05) is 30.3 Å². The Kier molecular flexibility index (Phi) is 4.94. The van der Waals surface area contributed by atoms with E-state index < -0.39 is 0 Å². The van der Waals surface area contributed by atoms with Crippen molar-refractivity contribution in [3.63, 3.8) is 0 Å². The van der Waals surface area contributed by atoms with E-state index in [0.717, 1.165) is 28.8 Å². The van der Waals surface area contributed by atoms with Gasteiger partial charge in [0.25, 0.3) is 5.91 Å². The first-order chi connectivity index (χ1) is 13.1. The number of thiophene rings is 1. The van der Waals surface area contributed by atoms with Gasteiger partial charge in [-0.25, -0.2) is 0 Å². The number of aromatic nitrogens is 2. The quantitative estimate of drug-likeness (QED) is 0.617. The fourth-order valence-corrected chi connectivity index (χ4v) is 4.10. The number of benzene rings is 1. The summed E-state index contributed by atoms with van der Waals surface area (Å²) in [6.07, 6.45) is 1.97. The number of hydrogen-bond donors (Lipinski definition) is 2. The molecule has 0 saturated heterocycles. The minimum Gasteiger partial charge on any atom is -0.354 e. The van der Waals surface area contributed by atoms with Gasteiger partial charge in [0.15, 0.2) is 0 Å². The highest BCUT2D eigenvalue weighted by Gasteiger charge is 2.29. The van der Waals surface area contributed by atoms with E-state index in [4.69, 9.17) is 0 Å². The summed E-state index contributed by atoms with van der Waals surface area (Å²) in [5.74, 6) is 0.184. The van der Waals surface area contributed by atoms with Crippen molar-refractivity contribution in [2.24, 2.45) is 5.92 Å². The summed E-state index contributed by atoms with van der Waals surface area (Å²) in [6.45, 7) is 3.54. The third-order valence-corrected chi connectivity index (χ3v) is 5.81. The van der Waals surface area contributed by atoms with Gasteiger partial charge >= 0.3 is 0 Å². The molecule has 0 unspecified atom stereocenters. The van der Waals surface area contributed by atoms with E-state index in [9.17, 15) is 9.59 Å². The van der Waals surface area contributed by atoms with Gasteiger partial charge in [0.05, 0.1) is 17.1 Å². The van der Waals surface area contributed by atoms with Gasteiger partial charge < -0.3 is 10.6 Å². The Morgan fingerprint density at radius 3 is 2.67 bits per heavy atom. The number of aryl methyl sites for hydroxylation is 1. The number of rotatable bonds is 7. The smallest absolute Gasteiger partial charge is 0.261 e. The number of hydrogen-bond acceptors (Lipinski definition) is 4. The van der Waals surface area contributed by atoms with Crippen LogP contribution < -0.4 is 10.6 Å². The highest BCUT2D eigenvalue weighted by atomic mass is 32.1. The lowest BCUT2D eigenvalue weighted by atomic mass is 10.2. The van der Waals surface area contributed by atoms with Gasteiger partial charge in [0.1, 0.15) is 4.83 Å². The van der Waals surface area contributed by atoms with E-state index in [1.54, 1.807) is 0 Å². The van der Waals surface area contributed by atoms with Crippen LogP contribution in [0, 0.1) is 12.8 Å². The first-order valence-electron chi connectivity index (χ1n) is 9.18. The average Bonchev–Trinajstić information content (AvgIpc) is 3.36. The molecule has 3 aromatic rings. The van der Waals surface area contributed by atoms with Gasteiger partial charge in [-0.15, -0.1) is 11.3 Å². The van der Waals surface area contributed by atoms with E-state index in [1.807, 2.05) is 35.9 Å². The molecule has 2 N–H and O–H groups in total. The van der Waals surface area contributed by atoms with Crippen LogP contribution in [-0.2, 0) is 11.3 Å². The summed E-state index contributed by atoms with van der Waals surface area (Å²) in [5.41, 5.74) is 2.10. The molecule has 4 rings (SSSR count). The third-order valence-electron chi connectivity index (χ3n) is 4.66. The number of carbonyl (C=O) groups excluding carboxylic acids is 2. The van der Waals surface area contributed by atoms with Crippen LogP contribution in [0.1, 0.15) is 33.8 Å². The van der Waals surface area contributed by atoms with Crippen molar-refractivity contribution in [3.05, 3.63) is 52.5 Å². The Balaban J connectivity index is 1.40. The van der Waals surface area contributed by atoms with Crippen LogP contribution in [0.4, 0.5) is 0 Å². The van der Waals surface area contributed by atoms with Gasteiger partial charge in [-0.05, 0) is 31.4 Å². The maximum absolute atomic E-state index is 12.4. The molecule has 1 aliphatic rings. The molecule has 27 heavy (non-hydrogen) atoms. The van der Waals surface area contributed by atoms with E-state index in [0.29, 0.717) is 24.5 Å². The monoisotopic (exact) mass is 382 g/mol. The Morgan fingerprint density at radius 2 is 1.93 bits per heavy atom. The molecule has 140 valence electrons. The van der Waals surface area contributed by atoms with Crippen molar-refractivity contribution in [2.75, 3.05) is 13.1 Å². The minimum absolute atomic E-state index is 0.0998. The van der Waals surface area contributed by atoms with Crippen molar-refractivity contribution < 1.29 is 9.59 Å². The van der Waals surface area contributed by atoms with E-state index in [2.05, 4.69) is 27.9 Å². The second kappa shape index (κ2) is 7.52. The van der Waals surface area contributed by atoms with Gasteiger partial charge in [-0.2, -0.15) is 5.10 Å². The topological polar surface area (TPSA) is 76.0 Å². The normalized spacial score (nSPS) is 13.7. The van der Waals surface area contributed by atoms with Crippen LogP contribution in [-0.4, -0.2) is 34.7 Å². The number of fused-ring (bicyclic) bond motifs is 1. The van der Waals surface area contributed by atoms with Crippen molar-refractivity contribution >= 4 is 33.4 Å². The van der Waals surface area contributed by atoms with Crippen LogP contribution in [0.3, 0.4) is 0 Å². The molecule has 1 saturated carbocycles. The molecule has 0 radical (unpaired) electrons. The molecule has 2 heterocycles. The lowest BCUT2D eigenvalue weighted by Crippen LogP contribution is -2.35. The van der Waals surface area contributed by atoms with Crippen molar-refractivity contribution in [3.8, 4) is 0 Å². The SMILES string of the molecule is Cc1nn(Cc2ccccc2)c2sc(C(=O)NCCNC(=O)C3CC3)cc12. The summed E-state index contributed by atoms with van der Waals surface area (Å²) in [5, 5.41) is 11.4. The third kappa shape index (κ3) is 4.03. The Morgan fingerprint density at radius 1 is 1.19 bits per heavy atom. The standard InChI is InChI=1S/C20H22N4O2S/c1-13-16-11-17(19(26)22-10-9-21-18(25)15-7-8-15)27-20(16)24(23-13)12-14-5-3-2-4-6-14/h2-6,11,15H,7-10,12H2,1H3,(H,21,25)(H,22,26). The second-order valence-corrected chi connectivity index (χ2v) is 7.91. The molecule has 0 bridgehead atoms. The fraction of sp³-hybridized carbons (Fsp3) is 0.350. The molecule has 0 aliphatic heterocycles. The highest BCUT2D eigenvalue weighted by molar-refractivity contribution is 7.20. The van der Waals surface area contributed by atoms with Crippen LogP contribution in [0.2, 0.25) is 0 Å². The lowest BCUT2D eigenvalue weighted by molar-refractivity contribution is -0.122. The minimum atomic E-state index is -0.109. The zero-order chi connectivity index (χ0) is 18.8. The Hall–Kier alpha value is -2.67. The fourth-order valence-electron chi connectivity index (χ4n) is 3.03. The zero-order valence-electron chi connectivity index (χ0n) is 15.2. The van der Waals surface area contributed by atoms with Crippen LogP contribution in [0.15, 0.2) is 36.4 Å². The Bertz CT molecular complexity index is 973. The number of nitrogens with zero attached hydrogens (tertiary/aromatic N) is 2. The molecule has 1 aliphatic carbocycles. The summed E-state index contributed by atoms with van der Waals surface area (Å²) >= 11 is 1.45. The largest absolute Gasteiger partial charge is 0.354 e. The van der Waals surface area contributed by atoms with Crippen LogP contribution in [0.5, 0.6) is 0 Å². The lowest BCUT2D eigenvalue weighted by Gasteiger charge is -2.05. The average molecular weight is 382 g/mol. The predicted molar refractivity (Wildman–Crippen MR) is 106 cm³/mol. The van der Waals surface area contributed by atoms with Crippen molar-refractivity contribution in [1.29, 1.82) is 0 Å². The number of carbonyl (C=O) groups is 2. The summed E-state index contributed by atoms with van der Waals surface area (Å²) in [4.78, 5) is 25.7. The van der Waals surface area contributed by atoms with Crippen LogP contribution in [0.25, 0.3) is 10.2 Å². The van der Waals surface area contributed by atoms with E-state index >= 15 is 0 Å². The first kappa shape index (κ1) is 17.7. The molecule has 2 amide bonds. The molecular formula is C20H22N4O2S. The maximum atomic E-state index is 12.4. The molecule has 1 aromatic carbocycles. The summed E-state index contributed by atoms with van der Waals surface area (Å²) in [7, 11) is 0. The van der Waals surface area contributed by atoms with Crippen molar-refractivity contribution in [1.82, 2.24) is 20.4 Å². The van der Waals surface area contributed by atoms with Gasteiger partial charge in [0, 0.05) is 24.4 Å². The molecule has 0 atom stereocenters. The summed E-state index contributed by atoms with van der Waals surface area (Å²) < 4.78 is 1.96. The zero-order valence-corrected chi connectivity index (χ0v) is 16.0. The van der Waals surface area contributed by atoms with E-state index in [1.165, 1.54) is 16.9 Å². The predicted octanol–water partition coefficient (Wildman–Crippen LogP) is 2.71. The van der Waals surface area contributed by atoms with Crippen LogP contribution >= 0.6 is 11.3 Å². The molecule has 2 aromatic heterocycles. The number of nitrogens with one attached hydrogen (secondary N) is 2.